The number of nitrogens with one attached hydrogen (secondary N) is 1. The summed E-state index contributed by atoms with van der Waals surface area (Å²) in [4.78, 5) is 6.16. The Balaban J connectivity index is 2.58. The molecule has 1 aromatic heterocycles. The first-order valence-corrected chi connectivity index (χ1v) is 6.26. The lowest BCUT2D eigenvalue weighted by Gasteiger charge is -2.25. The van der Waals surface area contributed by atoms with E-state index < -0.39 is 0 Å². The van der Waals surface area contributed by atoms with E-state index in [9.17, 15) is 0 Å². The standard InChI is InChI=1S/C14H22N4/c1-11(2)14(10-18(3)4)17-9-12-5-6-16-13(7-12)8-15/h5-7,11,14,17H,9-10H2,1-4H3. The van der Waals surface area contributed by atoms with E-state index in [1.165, 1.54) is 0 Å². The Hall–Kier alpha value is -1.44. The van der Waals surface area contributed by atoms with Crippen molar-refractivity contribution in [1.29, 1.82) is 5.26 Å². The minimum absolute atomic E-state index is 0.443. The molecule has 1 rings (SSSR count). The third kappa shape index (κ3) is 4.82. The second-order valence-electron chi connectivity index (χ2n) is 5.15. The predicted octanol–water partition coefficient (Wildman–Crippen LogP) is 1.63. The topological polar surface area (TPSA) is 52.0 Å². The quantitative estimate of drug-likeness (QED) is 0.829. The van der Waals surface area contributed by atoms with Crippen LogP contribution in [0.15, 0.2) is 18.3 Å². The fourth-order valence-corrected chi connectivity index (χ4v) is 1.80. The molecule has 0 amide bonds. The lowest BCUT2D eigenvalue weighted by Crippen LogP contribution is -2.41. The van der Waals surface area contributed by atoms with Crippen LogP contribution in [0.3, 0.4) is 0 Å². The van der Waals surface area contributed by atoms with E-state index in [0.29, 0.717) is 17.7 Å². The van der Waals surface area contributed by atoms with Crippen molar-refractivity contribution < 1.29 is 0 Å². The van der Waals surface area contributed by atoms with E-state index in [0.717, 1.165) is 18.7 Å². The molecule has 0 radical (unpaired) electrons. The van der Waals surface area contributed by atoms with Crippen molar-refractivity contribution in [1.82, 2.24) is 15.2 Å². The van der Waals surface area contributed by atoms with E-state index in [1.54, 1.807) is 6.20 Å². The van der Waals surface area contributed by atoms with Crippen LogP contribution in [0.1, 0.15) is 25.1 Å². The van der Waals surface area contributed by atoms with Gasteiger partial charge >= 0.3 is 0 Å². The molecule has 98 valence electrons. The van der Waals surface area contributed by atoms with Crippen LogP contribution >= 0.6 is 0 Å². The molecule has 0 fully saturated rings. The van der Waals surface area contributed by atoms with E-state index >= 15 is 0 Å². The van der Waals surface area contributed by atoms with Crippen LogP contribution in [0, 0.1) is 17.2 Å². The maximum absolute atomic E-state index is 8.81. The van der Waals surface area contributed by atoms with Gasteiger partial charge in [0.1, 0.15) is 11.8 Å². The number of nitriles is 1. The Labute approximate surface area is 110 Å². The molecule has 4 heteroatoms. The summed E-state index contributed by atoms with van der Waals surface area (Å²) < 4.78 is 0. The highest BCUT2D eigenvalue weighted by molar-refractivity contribution is 5.25. The van der Waals surface area contributed by atoms with Crippen LogP contribution in [0.2, 0.25) is 0 Å². The predicted molar refractivity (Wildman–Crippen MR) is 73.0 cm³/mol. The molecule has 1 unspecified atom stereocenters. The van der Waals surface area contributed by atoms with Crippen LogP contribution in [-0.2, 0) is 6.54 Å². The molecule has 0 aromatic carbocycles. The van der Waals surface area contributed by atoms with Crippen molar-refractivity contribution in [3.05, 3.63) is 29.6 Å². The number of aromatic nitrogens is 1. The van der Waals surface area contributed by atoms with Crippen molar-refractivity contribution in [2.24, 2.45) is 5.92 Å². The van der Waals surface area contributed by atoms with E-state index in [4.69, 9.17) is 5.26 Å². The largest absolute Gasteiger partial charge is 0.308 e. The first kappa shape index (κ1) is 14.6. The average molecular weight is 246 g/mol. The minimum Gasteiger partial charge on any atom is -0.308 e. The summed E-state index contributed by atoms with van der Waals surface area (Å²) in [6.45, 7) is 6.21. The number of nitrogens with zero attached hydrogens (tertiary/aromatic N) is 3. The SMILES string of the molecule is CC(C)C(CN(C)C)NCc1ccnc(C#N)c1. The lowest BCUT2D eigenvalue weighted by atomic mass is 10.0. The Morgan fingerprint density at radius 1 is 1.44 bits per heavy atom. The molecular formula is C14H22N4. The van der Waals surface area contributed by atoms with Crippen molar-refractivity contribution in [3.8, 4) is 6.07 Å². The Morgan fingerprint density at radius 3 is 2.72 bits per heavy atom. The molecule has 1 N–H and O–H groups in total. The maximum Gasteiger partial charge on any atom is 0.140 e. The van der Waals surface area contributed by atoms with Crippen molar-refractivity contribution in [3.63, 3.8) is 0 Å². The summed E-state index contributed by atoms with van der Waals surface area (Å²) in [7, 11) is 4.16. The van der Waals surface area contributed by atoms with Gasteiger partial charge in [0, 0.05) is 25.3 Å². The smallest absolute Gasteiger partial charge is 0.140 e. The molecule has 0 saturated heterocycles. The van der Waals surface area contributed by atoms with Gasteiger partial charge in [0.05, 0.1) is 0 Å². The first-order chi connectivity index (χ1) is 8.52. The number of pyridine rings is 1. The van der Waals surface area contributed by atoms with Gasteiger partial charge in [0.2, 0.25) is 0 Å². The third-order valence-electron chi connectivity index (χ3n) is 2.87. The van der Waals surface area contributed by atoms with Gasteiger partial charge in [-0.1, -0.05) is 13.8 Å². The first-order valence-electron chi connectivity index (χ1n) is 6.26. The fraction of sp³-hybridized carbons (Fsp3) is 0.571. The van der Waals surface area contributed by atoms with Gasteiger partial charge in [-0.25, -0.2) is 4.98 Å². The molecule has 0 aliphatic rings. The Morgan fingerprint density at radius 2 is 2.17 bits per heavy atom. The molecule has 4 nitrogen and oxygen atoms in total. The molecule has 18 heavy (non-hydrogen) atoms. The summed E-state index contributed by atoms with van der Waals surface area (Å²) in [6.07, 6.45) is 1.69. The van der Waals surface area contributed by atoms with Crippen LogP contribution in [0.4, 0.5) is 0 Å². The molecule has 0 aliphatic carbocycles. The highest BCUT2D eigenvalue weighted by atomic mass is 15.1. The van der Waals surface area contributed by atoms with Gasteiger partial charge in [0.25, 0.3) is 0 Å². The zero-order chi connectivity index (χ0) is 13.5. The maximum atomic E-state index is 8.81. The van der Waals surface area contributed by atoms with Crippen LogP contribution in [0.5, 0.6) is 0 Å². The van der Waals surface area contributed by atoms with E-state index in [-0.39, 0.29) is 0 Å². The van der Waals surface area contributed by atoms with E-state index in [2.05, 4.69) is 49.2 Å². The molecule has 0 aliphatic heterocycles. The summed E-state index contributed by atoms with van der Waals surface area (Å²) in [5, 5.41) is 12.3. The van der Waals surface area contributed by atoms with Crippen molar-refractivity contribution in [2.75, 3.05) is 20.6 Å². The van der Waals surface area contributed by atoms with Crippen molar-refractivity contribution in [2.45, 2.75) is 26.4 Å². The van der Waals surface area contributed by atoms with Gasteiger partial charge in [0.15, 0.2) is 0 Å². The highest BCUT2D eigenvalue weighted by Crippen LogP contribution is 2.06. The highest BCUT2D eigenvalue weighted by Gasteiger charge is 2.13. The molecule has 0 saturated carbocycles. The molecule has 1 aromatic rings. The van der Waals surface area contributed by atoms with Gasteiger partial charge in [-0.05, 0) is 37.7 Å². The zero-order valence-corrected chi connectivity index (χ0v) is 11.6. The van der Waals surface area contributed by atoms with Gasteiger partial charge in [-0.2, -0.15) is 5.26 Å². The van der Waals surface area contributed by atoms with Crippen LogP contribution < -0.4 is 5.32 Å². The summed E-state index contributed by atoms with van der Waals surface area (Å²) in [6, 6.07) is 6.28. The molecule has 0 spiro atoms. The van der Waals surface area contributed by atoms with Crippen molar-refractivity contribution >= 4 is 0 Å². The van der Waals surface area contributed by atoms with Crippen LogP contribution in [-0.4, -0.2) is 36.6 Å². The number of hydrogen-bond acceptors (Lipinski definition) is 4. The molecule has 0 bridgehead atoms. The minimum atomic E-state index is 0.443. The summed E-state index contributed by atoms with van der Waals surface area (Å²) >= 11 is 0. The second-order valence-corrected chi connectivity index (χ2v) is 5.15. The number of likely N-dealkylation sites (N-methyl/N-ethyl adjacent to an activating group) is 1. The number of rotatable bonds is 6. The third-order valence-corrected chi connectivity index (χ3v) is 2.87. The number of hydrogen-bond donors (Lipinski definition) is 1. The lowest BCUT2D eigenvalue weighted by molar-refractivity contribution is 0.288. The molecular weight excluding hydrogens is 224 g/mol. The summed E-state index contributed by atoms with van der Waals surface area (Å²) in [5.74, 6) is 0.574. The van der Waals surface area contributed by atoms with Gasteiger partial charge in [-0.15, -0.1) is 0 Å². The monoisotopic (exact) mass is 246 g/mol. The Bertz CT molecular complexity index is 407. The molecule has 1 atom stereocenters. The summed E-state index contributed by atoms with van der Waals surface area (Å²) in [5.41, 5.74) is 1.58. The van der Waals surface area contributed by atoms with E-state index in [1.807, 2.05) is 12.1 Å². The fourth-order valence-electron chi connectivity index (χ4n) is 1.80. The van der Waals surface area contributed by atoms with Crippen LogP contribution in [0.25, 0.3) is 0 Å². The van der Waals surface area contributed by atoms with Gasteiger partial charge < -0.3 is 10.2 Å². The second kappa shape index (κ2) is 7.10. The zero-order valence-electron chi connectivity index (χ0n) is 11.6. The molecule has 1 heterocycles. The average Bonchev–Trinajstić information content (AvgIpc) is 2.34. The normalized spacial score (nSPS) is 12.7. The Kier molecular flexibility index (Phi) is 5.76. The van der Waals surface area contributed by atoms with Gasteiger partial charge in [-0.3, -0.25) is 0 Å².